The van der Waals surface area contributed by atoms with E-state index >= 15 is 0 Å². The standard InChI is InChI=1S/C18H15F2N5O/c19-11-1-3-14-15(7-11)24-16(23-14)5-6-21-18(26)8-13-10-25-9-12(20)2-4-17(25)22-13/h1-4,7,9-10H,5-6,8H2,(H,21,26)(H,23,24). The number of hydrogen-bond donors (Lipinski definition) is 2. The van der Waals surface area contributed by atoms with Crippen molar-refractivity contribution in [3.8, 4) is 0 Å². The lowest BCUT2D eigenvalue weighted by molar-refractivity contribution is -0.120. The van der Waals surface area contributed by atoms with Crippen LogP contribution in [0.3, 0.4) is 0 Å². The van der Waals surface area contributed by atoms with E-state index in [-0.39, 0.29) is 24.0 Å². The molecule has 4 rings (SSSR count). The number of amides is 1. The highest BCUT2D eigenvalue weighted by Gasteiger charge is 2.09. The fourth-order valence-electron chi connectivity index (χ4n) is 2.80. The molecule has 0 saturated carbocycles. The number of halogens is 2. The molecular formula is C18H15F2N5O. The molecule has 1 amide bonds. The van der Waals surface area contributed by atoms with Crippen LogP contribution in [0.5, 0.6) is 0 Å². The monoisotopic (exact) mass is 355 g/mol. The minimum Gasteiger partial charge on any atom is -0.355 e. The molecule has 3 aromatic heterocycles. The molecule has 2 N–H and O–H groups in total. The summed E-state index contributed by atoms with van der Waals surface area (Å²) in [6.45, 7) is 0.392. The molecule has 8 heteroatoms. The van der Waals surface area contributed by atoms with Crippen LogP contribution in [0.1, 0.15) is 11.5 Å². The van der Waals surface area contributed by atoms with Gasteiger partial charge in [-0.1, -0.05) is 0 Å². The molecular weight excluding hydrogens is 340 g/mol. The van der Waals surface area contributed by atoms with E-state index in [1.54, 1.807) is 22.7 Å². The number of rotatable bonds is 5. The number of benzene rings is 1. The van der Waals surface area contributed by atoms with E-state index in [2.05, 4.69) is 20.3 Å². The Bertz CT molecular complexity index is 1100. The summed E-state index contributed by atoms with van der Waals surface area (Å²) < 4.78 is 27.9. The van der Waals surface area contributed by atoms with E-state index in [0.29, 0.717) is 41.2 Å². The number of imidazole rings is 2. The highest BCUT2D eigenvalue weighted by Crippen LogP contribution is 2.13. The maximum absolute atomic E-state index is 13.2. The first-order valence-corrected chi connectivity index (χ1v) is 8.11. The van der Waals surface area contributed by atoms with Gasteiger partial charge in [-0.25, -0.2) is 18.7 Å². The van der Waals surface area contributed by atoms with Crippen molar-refractivity contribution in [2.24, 2.45) is 0 Å². The molecule has 0 aliphatic carbocycles. The number of pyridine rings is 1. The van der Waals surface area contributed by atoms with Crippen LogP contribution in [0.25, 0.3) is 16.7 Å². The second kappa shape index (κ2) is 6.55. The molecule has 0 unspecified atom stereocenters. The number of aromatic amines is 1. The van der Waals surface area contributed by atoms with E-state index in [4.69, 9.17) is 0 Å². The van der Waals surface area contributed by atoms with Gasteiger partial charge in [0.1, 0.15) is 23.1 Å². The second-order valence-electron chi connectivity index (χ2n) is 5.97. The quantitative estimate of drug-likeness (QED) is 0.577. The fraction of sp³-hybridized carbons (Fsp3) is 0.167. The van der Waals surface area contributed by atoms with Crippen molar-refractivity contribution in [3.63, 3.8) is 0 Å². The van der Waals surface area contributed by atoms with Crippen molar-refractivity contribution in [3.05, 3.63) is 65.9 Å². The highest BCUT2D eigenvalue weighted by atomic mass is 19.1. The lowest BCUT2D eigenvalue weighted by Gasteiger charge is -2.02. The molecule has 4 aromatic rings. The summed E-state index contributed by atoms with van der Waals surface area (Å²) in [5, 5.41) is 2.79. The molecule has 0 radical (unpaired) electrons. The largest absolute Gasteiger partial charge is 0.355 e. The lowest BCUT2D eigenvalue weighted by Crippen LogP contribution is -2.27. The third-order valence-electron chi connectivity index (χ3n) is 3.98. The zero-order valence-electron chi connectivity index (χ0n) is 13.7. The Labute approximate surface area is 146 Å². The average Bonchev–Trinajstić information content (AvgIpc) is 3.16. The fourth-order valence-corrected chi connectivity index (χ4v) is 2.80. The van der Waals surface area contributed by atoms with Gasteiger partial charge in [-0.3, -0.25) is 4.79 Å². The number of carbonyl (C=O) groups excluding carboxylic acids is 1. The summed E-state index contributed by atoms with van der Waals surface area (Å²) in [4.78, 5) is 23.7. The van der Waals surface area contributed by atoms with E-state index in [9.17, 15) is 13.6 Å². The predicted molar refractivity (Wildman–Crippen MR) is 91.6 cm³/mol. The van der Waals surface area contributed by atoms with Crippen LogP contribution < -0.4 is 5.32 Å². The van der Waals surface area contributed by atoms with Crippen molar-refractivity contribution in [1.82, 2.24) is 24.7 Å². The molecule has 3 heterocycles. The molecule has 0 spiro atoms. The van der Waals surface area contributed by atoms with Gasteiger partial charge in [0.25, 0.3) is 0 Å². The zero-order chi connectivity index (χ0) is 18.1. The Balaban J connectivity index is 1.34. The van der Waals surface area contributed by atoms with Crippen molar-refractivity contribution >= 4 is 22.6 Å². The van der Waals surface area contributed by atoms with Crippen molar-refractivity contribution in [2.75, 3.05) is 6.54 Å². The predicted octanol–water partition coefficient (Wildman–Crippen LogP) is 2.39. The molecule has 0 aliphatic rings. The number of nitrogens with zero attached hydrogens (tertiary/aromatic N) is 3. The van der Waals surface area contributed by atoms with Gasteiger partial charge in [-0.05, 0) is 30.3 Å². The molecule has 0 atom stereocenters. The number of hydrogen-bond acceptors (Lipinski definition) is 3. The van der Waals surface area contributed by atoms with Crippen molar-refractivity contribution in [1.29, 1.82) is 0 Å². The van der Waals surface area contributed by atoms with Crippen LogP contribution in [0, 0.1) is 11.6 Å². The second-order valence-corrected chi connectivity index (χ2v) is 5.97. The van der Waals surface area contributed by atoms with Gasteiger partial charge in [0.05, 0.1) is 23.1 Å². The van der Waals surface area contributed by atoms with E-state index in [0.717, 1.165) is 0 Å². The topological polar surface area (TPSA) is 75.1 Å². The van der Waals surface area contributed by atoms with E-state index in [1.165, 1.54) is 24.4 Å². The Morgan fingerprint density at radius 2 is 1.96 bits per heavy atom. The average molecular weight is 355 g/mol. The van der Waals surface area contributed by atoms with Crippen LogP contribution in [-0.4, -0.2) is 31.8 Å². The molecule has 0 saturated heterocycles. The Hall–Kier alpha value is -3.29. The number of aromatic nitrogens is 4. The third-order valence-corrected chi connectivity index (χ3v) is 3.98. The van der Waals surface area contributed by atoms with Crippen LogP contribution in [0.4, 0.5) is 8.78 Å². The first kappa shape index (κ1) is 16.2. The SMILES string of the molecule is O=C(Cc1cn2cc(F)ccc2n1)NCCc1nc2ccc(F)cc2[nH]1. The molecule has 0 bridgehead atoms. The number of H-pyrrole nitrogens is 1. The summed E-state index contributed by atoms with van der Waals surface area (Å²) in [6.07, 6.45) is 3.55. The molecule has 0 aliphatic heterocycles. The Kier molecular flexibility index (Phi) is 4.08. The van der Waals surface area contributed by atoms with Crippen LogP contribution in [-0.2, 0) is 17.6 Å². The van der Waals surface area contributed by atoms with Gasteiger partial charge >= 0.3 is 0 Å². The van der Waals surface area contributed by atoms with Crippen LogP contribution >= 0.6 is 0 Å². The van der Waals surface area contributed by atoms with E-state index < -0.39 is 0 Å². The number of carbonyl (C=O) groups is 1. The first-order valence-electron chi connectivity index (χ1n) is 8.11. The van der Waals surface area contributed by atoms with Crippen molar-refractivity contribution in [2.45, 2.75) is 12.8 Å². The summed E-state index contributed by atoms with van der Waals surface area (Å²) in [7, 11) is 0. The summed E-state index contributed by atoms with van der Waals surface area (Å²) >= 11 is 0. The maximum Gasteiger partial charge on any atom is 0.226 e. The van der Waals surface area contributed by atoms with Crippen molar-refractivity contribution < 1.29 is 13.6 Å². The summed E-state index contributed by atoms with van der Waals surface area (Å²) in [5.41, 5.74) is 2.46. The Morgan fingerprint density at radius 3 is 2.85 bits per heavy atom. The van der Waals surface area contributed by atoms with Crippen LogP contribution in [0.15, 0.2) is 42.7 Å². The van der Waals surface area contributed by atoms with Crippen LogP contribution in [0.2, 0.25) is 0 Å². The Morgan fingerprint density at radius 1 is 1.12 bits per heavy atom. The van der Waals surface area contributed by atoms with Gasteiger partial charge < -0.3 is 14.7 Å². The highest BCUT2D eigenvalue weighted by molar-refractivity contribution is 5.78. The molecule has 26 heavy (non-hydrogen) atoms. The molecule has 0 fully saturated rings. The molecule has 1 aromatic carbocycles. The van der Waals surface area contributed by atoms with Gasteiger partial charge in [0.2, 0.25) is 5.91 Å². The molecule has 132 valence electrons. The zero-order valence-corrected chi connectivity index (χ0v) is 13.7. The van der Waals surface area contributed by atoms with Gasteiger partial charge in [0, 0.05) is 25.4 Å². The number of fused-ring (bicyclic) bond motifs is 2. The minimum atomic E-state index is -0.364. The van der Waals surface area contributed by atoms with E-state index in [1.807, 2.05) is 0 Å². The summed E-state index contributed by atoms with van der Waals surface area (Å²) in [5.74, 6) is -0.199. The van der Waals surface area contributed by atoms with Gasteiger partial charge in [-0.15, -0.1) is 0 Å². The smallest absolute Gasteiger partial charge is 0.226 e. The lowest BCUT2D eigenvalue weighted by atomic mass is 10.3. The normalized spacial score (nSPS) is 11.3. The third kappa shape index (κ3) is 3.39. The summed E-state index contributed by atoms with van der Waals surface area (Å²) in [6, 6.07) is 7.23. The maximum atomic E-state index is 13.2. The van der Waals surface area contributed by atoms with Gasteiger partial charge in [-0.2, -0.15) is 0 Å². The van der Waals surface area contributed by atoms with Gasteiger partial charge in [0.15, 0.2) is 0 Å². The number of nitrogens with one attached hydrogen (secondary N) is 2. The molecule has 6 nitrogen and oxygen atoms in total. The first-order chi connectivity index (χ1) is 12.6. The minimum absolute atomic E-state index is 0.106.